The zero-order valence-corrected chi connectivity index (χ0v) is 10.8. The van der Waals surface area contributed by atoms with Crippen molar-refractivity contribution >= 4 is 22.1 Å². The van der Waals surface area contributed by atoms with Crippen molar-refractivity contribution in [1.82, 2.24) is 0 Å². The third kappa shape index (κ3) is 2.86. The summed E-state index contributed by atoms with van der Waals surface area (Å²) in [6, 6.07) is 11.9. The molecule has 2 N–H and O–H groups in total. The number of nitrogen functional groups attached to an aromatic ring is 1. The molecular formula is C15H19N3. The number of azo groups is 1. The lowest BCUT2D eigenvalue weighted by molar-refractivity contribution is 0.713. The van der Waals surface area contributed by atoms with Gasteiger partial charge in [-0.05, 0) is 18.6 Å². The fourth-order valence-corrected chi connectivity index (χ4v) is 1.95. The van der Waals surface area contributed by atoms with Crippen molar-refractivity contribution in [2.45, 2.75) is 26.2 Å². The Morgan fingerprint density at radius 2 is 1.78 bits per heavy atom. The Hall–Kier alpha value is -1.90. The number of hydrogen-bond donors (Lipinski definition) is 1. The molecule has 0 aliphatic heterocycles. The number of benzene rings is 2. The SMILES string of the molecule is CCCCC/N=N/c1ccc(N)c2ccccc12. The highest BCUT2D eigenvalue weighted by molar-refractivity contribution is 5.99. The van der Waals surface area contributed by atoms with Crippen LogP contribution in [-0.2, 0) is 0 Å². The van der Waals surface area contributed by atoms with Gasteiger partial charge in [-0.25, -0.2) is 0 Å². The monoisotopic (exact) mass is 241 g/mol. The van der Waals surface area contributed by atoms with Crippen LogP contribution in [0.4, 0.5) is 11.4 Å². The highest BCUT2D eigenvalue weighted by Gasteiger charge is 2.02. The molecule has 2 rings (SSSR count). The zero-order chi connectivity index (χ0) is 12.8. The van der Waals surface area contributed by atoms with Gasteiger partial charge in [0.1, 0.15) is 0 Å². The average Bonchev–Trinajstić information content (AvgIpc) is 2.41. The molecule has 2 aromatic rings. The Bertz CT molecular complexity index is 546. The largest absolute Gasteiger partial charge is 0.398 e. The molecule has 0 heterocycles. The van der Waals surface area contributed by atoms with Gasteiger partial charge in [0.25, 0.3) is 0 Å². The van der Waals surface area contributed by atoms with E-state index >= 15 is 0 Å². The summed E-state index contributed by atoms with van der Waals surface area (Å²) in [5.41, 5.74) is 7.63. The second-order valence-electron chi connectivity index (χ2n) is 4.39. The number of rotatable bonds is 5. The predicted molar refractivity (Wildman–Crippen MR) is 77.3 cm³/mol. The molecule has 0 aliphatic carbocycles. The van der Waals surface area contributed by atoms with Crippen LogP contribution in [0.1, 0.15) is 26.2 Å². The van der Waals surface area contributed by atoms with Gasteiger partial charge < -0.3 is 5.73 Å². The fraction of sp³-hybridized carbons (Fsp3) is 0.333. The molecule has 0 saturated heterocycles. The Morgan fingerprint density at radius 3 is 2.56 bits per heavy atom. The van der Waals surface area contributed by atoms with E-state index in [-0.39, 0.29) is 0 Å². The average molecular weight is 241 g/mol. The first-order valence-electron chi connectivity index (χ1n) is 6.47. The third-order valence-corrected chi connectivity index (χ3v) is 2.97. The first-order valence-corrected chi connectivity index (χ1v) is 6.47. The van der Waals surface area contributed by atoms with E-state index in [4.69, 9.17) is 5.73 Å². The lowest BCUT2D eigenvalue weighted by atomic mass is 10.1. The van der Waals surface area contributed by atoms with Crippen molar-refractivity contribution < 1.29 is 0 Å². The van der Waals surface area contributed by atoms with E-state index in [0.717, 1.165) is 35.1 Å². The van der Waals surface area contributed by atoms with Crippen LogP contribution in [0.2, 0.25) is 0 Å². The quantitative estimate of drug-likeness (QED) is 0.460. The minimum absolute atomic E-state index is 0.788. The molecule has 0 amide bonds. The van der Waals surface area contributed by atoms with Crippen LogP contribution in [0.5, 0.6) is 0 Å². The Kier molecular flexibility index (Phi) is 4.29. The van der Waals surface area contributed by atoms with Crippen molar-refractivity contribution in [3.63, 3.8) is 0 Å². The van der Waals surface area contributed by atoms with Gasteiger partial charge in [-0.3, -0.25) is 0 Å². The number of nitrogens with zero attached hydrogens (tertiary/aromatic N) is 2. The van der Waals surface area contributed by atoms with Gasteiger partial charge in [-0.15, -0.1) is 0 Å². The number of hydrogen-bond acceptors (Lipinski definition) is 3. The lowest BCUT2D eigenvalue weighted by Gasteiger charge is -2.04. The Labute approximate surface area is 108 Å². The summed E-state index contributed by atoms with van der Waals surface area (Å²) in [5, 5.41) is 10.7. The van der Waals surface area contributed by atoms with Gasteiger partial charge >= 0.3 is 0 Å². The number of fused-ring (bicyclic) bond motifs is 1. The van der Waals surface area contributed by atoms with Crippen molar-refractivity contribution in [3.05, 3.63) is 36.4 Å². The summed E-state index contributed by atoms with van der Waals surface area (Å²) < 4.78 is 0. The standard InChI is InChI=1S/C15H19N3/c1-2-3-6-11-17-18-15-10-9-14(16)12-7-4-5-8-13(12)15/h4-5,7-10H,2-3,6,11,16H2,1H3/b18-17+. The minimum atomic E-state index is 0.788. The number of anilines is 1. The molecule has 0 fully saturated rings. The van der Waals surface area contributed by atoms with Crippen LogP contribution < -0.4 is 5.73 Å². The van der Waals surface area contributed by atoms with Crippen LogP contribution in [0.15, 0.2) is 46.6 Å². The normalized spacial score (nSPS) is 11.4. The Morgan fingerprint density at radius 1 is 1.00 bits per heavy atom. The van der Waals surface area contributed by atoms with Crippen molar-refractivity contribution in [2.75, 3.05) is 12.3 Å². The first kappa shape index (κ1) is 12.6. The van der Waals surface area contributed by atoms with Crippen molar-refractivity contribution in [1.29, 1.82) is 0 Å². The van der Waals surface area contributed by atoms with Crippen LogP contribution in [-0.4, -0.2) is 6.54 Å². The minimum Gasteiger partial charge on any atom is -0.398 e. The van der Waals surface area contributed by atoms with Crippen LogP contribution in [0.25, 0.3) is 10.8 Å². The molecule has 0 unspecified atom stereocenters. The number of nitrogens with two attached hydrogens (primary N) is 1. The molecule has 3 nitrogen and oxygen atoms in total. The van der Waals surface area contributed by atoms with E-state index < -0.39 is 0 Å². The molecule has 0 bridgehead atoms. The molecule has 2 aromatic carbocycles. The van der Waals surface area contributed by atoms with Crippen LogP contribution in [0, 0.1) is 0 Å². The molecule has 0 aliphatic rings. The molecule has 0 aromatic heterocycles. The van der Waals surface area contributed by atoms with E-state index in [0.29, 0.717) is 0 Å². The second kappa shape index (κ2) is 6.15. The zero-order valence-electron chi connectivity index (χ0n) is 10.8. The van der Waals surface area contributed by atoms with E-state index in [1.807, 2.05) is 36.4 Å². The van der Waals surface area contributed by atoms with E-state index in [1.165, 1.54) is 12.8 Å². The summed E-state index contributed by atoms with van der Waals surface area (Å²) in [7, 11) is 0. The van der Waals surface area contributed by atoms with Gasteiger partial charge in [-0.1, -0.05) is 44.0 Å². The maximum atomic E-state index is 5.95. The van der Waals surface area contributed by atoms with Gasteiger partial charge in [0.15, 0.2) is 0 Å². The Balaban J connectivity index is 2.21. The van der Waals surface area contributed by atoms with Gasteiger partial charge in [0.05, 0.1) is 12.2 Å². The topological polar surface area (TPSA) is 50.7 Å². The van der Waals surface area contributed by atoms with E-state index in [2.05, 4.69) is 17.2 Å². The smallest absolute Gasteiger partial charge is 0.0932 e. The molecule has 0 radical (unpaired) electrons. The van der Waals surface area contributed by atoms with Crippen molar-refractivity contribution in [2.24, 2.45) is 10.2 Å². The molecular weight excluding hydrogens is 222 g/mol. The molecule has 18 heavy (non-hydrogen) atoms. The van der Waals surface area contributed by atoms with Crippen LogP contribution in [0.3, 0.4) is 0 Å². The van der Waals surface area contributed by atoms with Gasteiger partial charge in [0.2, 0.25) is 0 Å². The molecule has 94 valence electrons. The lowest BCUT2D eigenvalue weighted by Crippen LogP contribution is -1.86. The van der Waals surface area contributed by atoms with Gasteiger partial charge in [-0.2, -0.15) is 10.2 Å². The third-order valence-electron chi connectivity index (χ3n) is 2.97. The number of unbranched alkanes of at least 4 members (excludes halogenated alkanes) is 2. The highest BCUT2D eigenvalue weighted by Crippen LogP contribution is 2.30. The van der Waals surface area contributed by atoms with Crippen LogP contribution >= 0.6 is 0 Å². The highest BCUT2D eigenvalue weighted by atomic mass is 15.1. The summed E-state index contributed by atoms with van der Waals surface area (Å²) >= 11 is 0. The fourth-order valence-electron chi connectivity index (χ4n) is 1.95. The van der Waals surface area contributed by atoms with E-state index in [9.17, 15) is 0 Å². The molecule has 0 atom stereocenters. The van der Waals surface area contributed by atoms with Gasteiger partial charge in [0, 0.05) is 16.5 Å². The molecule has 0 spiro atoms. The predicted octanol–water partition coefficient (Wildman–Crippen LogP) is 4.70. The summed E-state index contributed by atoms with van der Waals surface area (Å²) in [6.07, 6.45) is 3.52. The first-order chi connectivity index (χ1) is 8.83. The summed E-state index contributed by atoms with van der Waals surface area (Å²) in [4.78, 5) is 0. The summed E-state index contributed by atoms with van der Waals surface area (Å²) in [5.74, 6) is 0. The van der Waals surface area contributed by atoms with E-state index in [1.54, 1.807) is 0 Å². The maximum Gasteiger partial charge on any atom is 0.0932 e. The molecule has 3 heteroatoms. The maximum absolute atomic E-state index is 5.95. The van der Waals surface area contributed by atoms with Crippen molar-refractivity contribution in [3.8, 4) is 0 Å². The summed E-state index contributed by atoms with van der Waals surface area (Å²) in [6.45, 7) is 2.98. The second-order valence-corrected chi connectivity index (χ2v) is 4.39. The molecule has 0 saturated carbocycles.